The first-order valence-electron chi connectivity index (χ1n) is 9.86. The summed E-state index contributed by atoms with van der Waals surface area (Å²) in [6.45, 7) is 15.5. The molecule has 0 fully saturated rings. The topological polar surface area (TPSA) is 61.6 Å². The molecular weight excluding hydrogens is 370 g/mol. The number of esters is 1. The van der Waals surface area contributed by atoms with Crippen LogP contribution in [0, 0.1) is 5.21 Å². The molecule has 0 aliphatic rings. The Morgan fingerprint density at radius 1 is 1.29 bits per heavy atom. The minimum atomic E-state index is -1.89. The molecule has 0 spiro atoms. The van der Waals surface area contributed by atoms with Gasteiger partial charge in [0.05, 0.1) is 18.3 Å². The molecule has 0 saturated carbocycles. The Morgan fingerprint density at radius 2 is 1.93 bits per heavy atom. The maximum Gasteiger partial charge on any atom is 0.338 e. The fraction of sp³-hybridized carbons (Fsp3) is 0.545. The van der Waals surface area contributed by atoms with Crippen LogP contribution in [0.5, 0.6) is 0 Å². The SMILES string of the molecule is C=CC(CC/[N+]([O-])=C/CCCOC(=O)c1ccccc1)O[Si](C)(C)C(C)(C)C. The Bertz CT molecular complexity index is 650. The Morgan fingerprint density at radius 3 is 2.50 bits per heavy atom. The van der Waals surface area contributed by atoms with Gasteiger partial charge >= 0.3 is 5.97 Å². The monoisotopic (exact) mass is 405 g/mol. The molecule has 1 aromatic rings. The molecule has 1 atom stereocenters. The zero-order chi connectivity index (χ0) is 21.2. The van der Waals surface area contributed by atoms with E-state index in [4.69, 9.17) is 9.16 Å². The molecule has 0 radical (unpaired) electrons. The number of unbranched alkanes of at least 4 members (excludes halogenated alkanes) is 1. The van der Waals surface area contributed by atoms with Crippen LogP contribution in [0.4, 0.5) is 0 Å². The van der Waals surface area contributed by atoms with E-state index in [1.807, 2.05) is 6.07 Å². The van der Waals surface area contributed by atoms with Gasteiger partial charge in [0.2, 0.25) is 0 Å². The first-order chi connectivity index (χ1) is 13.1. The Hall–Kier alpha value is -1.92. The van der Waals surface area contributed by atoms with Crippen LogP contribution in [0.25, 0.3) is 0 Å². The lowest BCUT2D eigenvalue weighted by atomic mass is 10.2. The minimum absolute atomic E-state index is 0.113. The number of ether oxygens (including phenoxy) is 1. The number of benzene rings is 1. The lowest BCUT2D eigenvalue weighted by molar-refractivity contribution is -0.455. The first-order valence-corrected chi connectivity index (χ1v) is 12.8. The predicted octanol–water partition coefficient (Wildman–Crippen LogP) is 5.17. The molecule has 28 heavy (non-hydrogen) atoms. The van der Waals surface area contributed by atoms with Gasteiger partial charge in [0.15, 0.2) is 21.1 Å². The van der Waals surface area contributed by atoms with Gasteiger partial charge in [-0.15, -0.1) is 6.58 Å². The summed E-state index contributed by atoms with van der Waals surface area (Å²) < 4.78 is 12.4. The summed E-state index contributed by atoms with van der Waals surface area (Å²) in [5.74, 6) is -0.337. The summed E-state index contributed by atoms with van der Waals surface area (Å²) >= 11 is 0. The highest BCUT2D eigenvalue weighted by Gasteiger charge is 2.38. The average Bonchev–Trinajstić information content (AvgIpc) is 2.64. The van der Waals surface area contributed by atoms with Crippen molar-refractivity contribution in [3.8, 4) is 0 Å². The van der Waals surface area contributed by atoms with Crippen LogP contribution < -0.4 is 0 Å². The Labute approximate surface area is 170 Å². The maximum absolute atomic E-state index is 12.0. The van der Waals surface area contributed by atoms with Crippen LogP contribution in [0.3, 0.4) is 0 Å². The lowest BCUT2D eigenvalue weighted by Gasteiger charge is -2.38. The lowest BCUT2D eigenvalue weighted by Crippen LogP contribution is -2.43. The summed E-state index contributed by atoms with van der Waals surface area (Å²) in [7, 11) is -1.89. The quantitative estimate of drug-likeness (QED) is 0.0744. The number of hydrogen-bond acceptors (Lipinski definition) is 4. The highest BCUT2D eigenvalue weighted by molar-refractivity contribution is 6.74. The molecule has 5 nitrogen and oxygen atoms in total. The third-order valence-corrected chi connectivity index (χ3v) is 9.58. The van der Waals surface area contributed by atoms with Crippen molar-refractivity contribution in [3.05, 3.63) is 53.8 Å². The number of rotatable bonds is 11. The van der Waals surface area contributed by atoms with Crippen LogP contribution in [0.15, 0.2) is 43.0 Å². The van der Waals surface area contributed by atoms with Crippen LogP contribution in [0.2, 0.25) is 18.1 Å². The Kier molecular flexibility index (Phi) is 9.62. The number of carbonyl (C=O) groups is 1. The zero-order valence-electron chi connectivity index (χ0n) is 17.9. The van der Waals surface area contributed by atoms with E-state index in [0.29, 0.717) is 38.0 Å². The van der Waals surface area contributed by atoms with Crippen molar-refractivity contribution in [2.45, 2.75) is 64.3 Å². The highest BCUT2D eigenvalue weighted by Crippen LogP contribution is 2.37. The van der Waals surface area contributed by atoms with Gasteiger partial charge in [-0.2, -0.15) is 0 Å². The minimum Gasteiger partial charge on any atom is -0.624 e. The van der Waals surface area contributed by atoms with Gasteiger partial charge in [-0.1, -0.05) is 45.0 Å². The van der Waals surface area contributed by atoms with E-state index < -0.39 is 8.32 Å². The number of hydroxylamine groups is 1. The van der Waals surface area contributed by atoms with E-state index in [2.05, 4.69) is 40.4 Å². The van der Waals surface area contributed by atoms with Gasteiger partial charge in [0, 0.05) is 12.8 Å². The van der Waals surface area contributed by atoms with Crippen molar-refractivity contribution in [1.82, 2.24) is 0 Å². The fourth-order valence-corrected chi connectivity index (χ4v) is 3.59. The van der Waals surface area contributed by atoms with E-state index in [1.165, 1.54) is 0 Å². The smallest absolute Gasteiger partial charge is 0.338 e. The van der Waals surface area contributed by atoms with Crippen molar-refractivity contribution in [3.63, 3.8) is 0 Å². The van der Waals surface area contributed by atoms with Gasteiger partial charge in [0.25, 0.3) is 0 Å². The molecule has 0 bridgehead atoms. The van der Waals surface area contributed by atoms with Crippen LogP contribution in [-0.4, -0.2) is 44.5 Å². The number of hydrogen-bond donors (Lipinski definition) is 0. The molecule has 0 amide bonds. The Balaban J connectivity index is 2.32. The maximum atomic E-state index is 12.0. The van der Waals surface area contributed by atoms with Gasteiger partial charge in [-0.3, -0.25) is 0 Å². The summed E-state index contributed by atoms with van der Waals surface area (Å²) in [4.78, 5) is 11.8. The molecule has 0 aromatic heterocycles. The van der Waals surface area contributed by atoms with E-state index in [9.17, 15) is 10.0 Å². The third kappa shape index (κ3) is 8.40. The van der Waals surface area contributed by atoms with Gasteiger partial charge in [0.1, 0.15) is 0 Å². The van der Waals surface area contributed by atoms with Crippen molar-refractivity contribution >= 4 is 20.5 Å². The van der Waals surface area contributed by atoms with Crippen molar-refractivity contribution in [2.75, 3.05) is 13.2 Å². The number of carbonyl (C=O) groups excluding carboxylic acids is 1. The normalized spacial score (nSPS) is 13.8. The fourth-order valence-electron chi connectivity index (χ4n) is 2.27. The van der Waals surface area contributed by atoms with E-state index >= 15 is 0 Å². The molecule has 0 heterocycles. The van der Waals surface area contributed by atoms with E-state index in [1.54, 1.807) is 36.6 Å². The molecular formula is C22H35NO4Si. The van der Waals surface area contributed by atoms with Crippen LogP contribution >= 0.6 is 0 Å². The molecule has 1 rings (SSSR count). The highest BCUT2D eigenvalue weighted by atomic mass is 28.4. The van der Waals surface area contributed by atoms with Crippen molar-refractivity contribution in [2.24, 2.45) is 0 Å². The van der Waals surface area contributed by atoms with Gasteiger partial charge in [-0.05, 0) is 36.7 Å². The predicted molar refractivity (Wildman–Crippen MR) is 117 cm³/mol. The molecule has 1 unspecified atom stereocenters. The summed E-state index contributed by atoms with van der Waals surface area (Å²) in [6.07, 6.45) is 5.06. The molecule has 1 aromatic carbocycles. The average molecular weight is 406 g/mol. The van der Waals surface area contributed by atoms with E-state index in [-0.39, 0.29) is 17.1 Å². The molecule has 6 heteroatoms. The van der Waals surface area contributed by atoms with Crippen molar-refractivity contribution < 1.29 is 18.7 Å². The second-order valence-corrected chi connectivity index (χ2v) is 13.2. The van der Waals surface area contributed by atoms with Gasteiger partial charge in [-0.25, -0.2) is 9.53 Å². The third-order valence-electron chi connectivity index (χ3n) is 5.07. The van der Waals surface area contributed by atoms with Crippen LogP contribution in [0.1, 0.15) is 50.4 Å². The molecule has 0 aliphatic heterocycles. The standard InChI is InChI=1S/C22H35NO4Si/c1-7-20(27-28(5,6)22(2,3)4)15-17-23(25)16-11-12-18-26-21(24)19-13-9-8-10-14-19/h7-10,13-14,16,20H,1,11-12,15,17-18H2,2-6H3/b23-16-. The zero-order valence-corrected chi connectivity index (χ0v) is 18.9. The largest absolute Gasteiger partial charge is 0.624 e. The molecule has 0 aliphatic carbocycles. The number of nitrogens with zero attached hydrogens (tertiary/aromatic N) is 1. The first kappa shape index (κ1) is 24.1. The molecule has 156 valence electrons. The van der Waals surface area contributed by atoms with E-state index in [0.717, 1.165) is 4.74 Å². The van der Waals surface area contributed by atoms with Crippen LogP contribution in [-0.2, 0) is 9.16 Å². The summed E-state index contributed by atoms with van der Waals surface area (Å²) in [5, 5.41) is 12.1. The second kappa shape index (κ2) is 11.2. The van der Waals surface area contributed by atoms with Crippen molar-refractivity contribution in [1.29, 1.82) is 0 Å². The summed E-state index contributed by atoms with van der Waals surface area (Å²) in [6, 6.07) is 8.88. The summed E-state index contributed by atoms with van der Waals surface area (Å²) in [5.41, 5.74) is 0.536. The molecule has 0 saturated heterocycles. The van der Waals surface area contributed by atoms with Gasteiger partial charge < -0.3 is 14.4 Å². The second-order valence-electron chi connectivity index (χ2n) is 8.41. The molecule has 0 N–H and O–H groups in total.